The zero-order valence-corrected chi connectivity index (χ0v) is 15.5. The molecular formula is C20H24N2O3S. The van der Waals surface area contributed by atoms with E-state index < -0.39 is 10.0 Å². The molecule has 0 saturated carbocycles. The molecular weight excluding hydrogens is 348 g/mol. The van der Waals surface area contributed by atoms with Crippen LogP contribution < -0.4 is 5.32 Å². The van der Waals surface area contributed by atoms with Gasteiger partial charge in [0, 0.05) is 25.2 Å². The van der Waals surface area contributed by atoms with Crippen molar-refractivity contribution in [1.29, 1.82) is 0 Å². The van der Waals surface area contributed by atoms with Crippen LogP contribution in [0, 0.1) is 0 Å². The molecule has 1 aliphatic rings. The number of amides is 1. The van der Waals surface area contributed by atoms with Crippen molar-refractivity contribution in [3.8, 4) is 11.1 Å². The SMILES string of the molecule is O=C(NCCS(=O)(=O)N1CCCCC1)c1cccc(-c2ccccc2)c1. The van der Waals surface area contributed by atoms with Crippen molar-refractivity contribution < 1.29 is 13.2 Å². The maximum Gasteiger partial charge on any atom is 0.251 e. The highest BCUT2D eigenvalue weighted by Gasteiger charge is 2.23. The van der Waals surface area contributed by atoms with E-state index in [-0.39, 0.29) is 18.2 Å². The van der Waals surface area contributed by atoms with E-state index in [0.29, 0.717) is 18.7 Å². The molecule has 0 radical (unpaired) electrons. The number of sulfonamides is 1. The first-order chi connectivity index (χ1) is 12.6. The monoisotopic (exact) mass is 372 g/mol. The number of nitrogens with zero attached hydrogens (tertiary/aromatic N) is 1. The van der Waals surface area contributed by atoms with Crippen LogP contribution in [0.25, 0.3) is 11.1 Å². The number of benzene rings is 2. The van der Waals surface area contributed by atoms with E-state index in [9.17, 15) is 13.2 Å². The number of nitrogens with one attached hydrogen (secondary N) is 1. The summed E-state index contributed by atoms with van der Waals surface area (Å²) in [5, 5.41) is 2.73. The molecule has 1 heterocycles. The molecule has 0 aromatic heterocycles. The molecule has 6 heteroatoms. The number of carbonyl (C=O) groups excluding carboxylic acids is 1. The molecule has 0 aliphatic carbocycles. The minimum atomic E-state index is -3.29. The first-order valence-corrected chi connectivity index (χ1v) is 10.6. The highest BCUT2D eigenvalue weighted by Crippen LogP contribution is 2.20. The summed E-state index contributed by atoms with van der Waals surface area (Å²) in [6.45, 7) is 1.30. The molecule has 5 nitrogen and oxygen atoms in total. The van der Waals surface area contributed by atoms with Gasteiger partial charge in [-0.25, -0.2) is 12.7 Å². The van der Waals surface area contributed by atoms with Gasteiger partial charge in [-0.2, -0.15) is 0 Å². The van der Waals surface area contributed by atoms with Gasteiger partial charge in [0.1, 0.15) is 0 Å². The van der Waals surface area contributed by atoms with Crippen molar-refractivity contribution in [3.63, 3.8) is 0 Å². The van der Waals surface area contributed by atoms with Crippen LogP contribution in [0.5, 0.6) is 0 Å². The lowest BCUT2D eigenvalue weighted by atomic mass is 10.0. The van der Waals surface area contributed by atoms with Crippen LogP contribution in [0.4, 0.5) is 0 Å². The van der Waals surface area contributed by atoms with Crippen LogP contribution in [-0.2, 0) is 10.0 Å². The summed E-state index contributed by atoms with van der Waals surface area (Å²) in [5.41, 5.74) is 2.52. The molecule has 0 atom stereocenters. The van der Waals surface area contributed by atoms with Gasteiger partial charge in [0.05, 0.1) is 5.75 Å². The number of piperidine rings is 1. The van der Waals surface area contributed by atoms with E-state index in [1.54, 1.807) is 10.4 Å². The van der Waals surface area contributed by atoms with E-state index in [1.807, 2.05) is 48.5 Å². The number of hydrogen-bond acceptors (Lipinski definition) is 3. The summed E-state index contributed by atoms with van der Waals surface area (Å²) >= 11 is 0. The lowest BCUT2D eigenvalue weighted by Crippen LogP contribution is -2.40. The standard InChI is InChI=1S/C20H24N2O3S/c23-20(21-12-15-26(24,25)22-13-5-2-6-14-22)19-11-7-10-18(16-19)17-8-3-1-4-9-17/h1,3-4,7-11,16H,2,5-6,12-15H2,(H,21,23). The third kappa shape index (κ3) is 4.71. The third-order valence-electron chi connectivity index (χ3n) is 4.59. The fraction of sp³-hybridized carbons (Fsp3) is 0.350. The van der Waals surface area contributed by atoms with Crippen molar-refractivity contribution in [2.75, 3.05) is 25.4 Å². The maximum atomic E-state index is 12.4. The van der Waals surface area contributed by atoms with Gasteiger partial charge >= 0.3 is 0 Å². The Bertz CT molecular complexity index is 844. The molecule has 26 heavy (non-hydrogen) atoms. The van der Waals surface area contributed by atoms with Crippen LogP contribution >= 0.6 is 0 Å². The molecule has 138 valence electrons. The average molecular weight is 372 g/mol. The molecule has 0 unspecified atom stereocenters. The van der Waals surface area contributed by atoms with Gasteiger partial charge in [-0.15, -0.1) is 0 Å². The molecule has 2 aromatic rings. The molecule has 3 rings (SSSR count). The summed E-state index contributed by atoms with van der Waals surface area (Å²) in [6, 6.07) is 17.2. The fourth-order valence-electron chi connectivity index (χ4n) is 3.14. The third-order valence-corrected chi connectivity index (χ3v) is 6.46. The lowest BCUT2D eigenvalue weighted by molar-refractivity contribution is 0.0956. The second-order valence-electron chi connectivity index (χ2n) is 6.48. The molecule has 0 spiro atoms. The van der Waals surface area contributed by atoms with Crippen LogP contribution in [0.2, 0.25) is 0 Å². The Morgan fingerprint density at radius 2 is 1.62 bits per heavy atom. The Kier molecular flexibility index (Phi) is 6.06. The zero-order valence-electron chi connectivity index (χ0n) is 14.7. The predicted octanol–water partition coefficient (Wildman–Crippen LogP) is 2.90. The van der Waals surface area contributed by atoms with Crippen molar-refractivity contribution >= 4 is 15.9 Å². The van der Waals surface area contributed by atoms with Gasteiger partial charge in [0.25, 0.3) is 5.91 Å². The van der Waals surface area contributed by atoms with Gasteiger partial charge in [-0.1, -0.05) is 48.9 Å². The van der Waals surface area contributed by atoms with E-state index in [2.05, 4.69) is 5.32 Å². The van der Waals surface area contributed by atoms with Crippen molar-refractivity contribution in [1.82, 2.24) is 9.62 Å². The first-order valence-electron chi connectivity index (χ1n) is 8.98. The van der Waals surface area contributed by atoms with Crippen molar-refractivity contribution in [2.45, 2.75) is 19.3 Å². The van der Waals surface area contributed by atoms with Crippen LogP contribution in [0.1, 0.15) is 29.6 Å². The Morgan fingerprint density at radius 1 is 0.923 bits per heavy atom. The number of rotatable bonds is 6. The number of hydrogen-bond donors (Lipinski definition) is 1. The highest BCUT2D eigenvalue weighted by molar-refractivity contribution is 7.89. The van der Waals surface area contributed by atoms with Crippen LogP contribution in [0.15, 0.2) is 54.6 Å². The average Bonchev–Trinajstić information content (AvgIpc) is 2.69. The number of carbonyl (C=O) groups is 1. The first kappa shape index (κ1) is 18.6. The zero-order chi connectivity index (χ0) is 18.4. The Labute approximate surface area is 155 Å². The second kappa shape index (κ2) is 8.47. The molecule has 1 fully saturated rings. The summed E-state index contributed by atoms with van der Waals surface area (Å²) in [4.78, 5) is 12.4. The van der Waals surface area contributed by atoms with Gasteiger partial charge in [0.2, 0.25) is 10.0 Å². The van der Waals surface area contributed by atoms with Gasteiger partial charge < -0.3 is 5.32 Å². The minimum absolute atomic E-state index is 0.0584. The van der Waals surface area contributed by atoms with E-state index in [1.165, 1.54) is 0 Å². The van der Waals surface area contributed by atoms with Gasteiger partial charge in [0.15, 0.2) is 0 Å². The Balaban J connectivity index is 1.58. The maximum absolute atomic E-state index is 12.4. The lowest BCUT2D eigenvalue weighted by Gasteiger charge is -2.25. The summed E-state index contributed by atoms with van der Waals surface area (Å²) < 4.78 is 26.2. The van der Waals surface area contributed by atoms with Crippen LogP contribution in [0.3, 0.4) is 0 Å². The summed E-state index contributed by atoms with van der Waals surface area (Å²) in [6.07, 6.45) is 2.91. The van der Waals surface area contributed by atoms with Crippen molar-refractivity contribution in [3.05, 3.63) is 60.2 Å². The Hall–Kier alpha value is -2.18. The quantitative estimate of drug-likeness (QED) is 0.848. The van der Waals surface area contributed by atoms with E-state index in [0.717, 1.165) is 30.4 Å². The fourth-order valence-corrected chi connectivity index (χ4v) is 4.57. The minimum Gasteiger partial charge on any atom is -0.351 e. The smallest absolute Gasteiger partial charge is 0.251 e. The van der Waals surface area contributed by atoms with Crippen LogP contribution in [-0.4, -0.2) is 44.0 Å². The molecule has 2 aromatic carbocycles. The molecule has 1 amide bonds. The van der Waals surface area contributed by atoms with Gasteiger partial charge in [-0.3, -0.25) is 4.79 Å². The Morgan fingerprint density at radius 3 is 2.35 bits per heavy atom. The largest absolute Gasteiger partial charge is 0.351 e. The molecule has 1 aliphatic heterocycles. The molecule has 1 saturated heterocycles. The molecule has 1 N–H and O–H groups in total. The van der Waals surface area contributed by atoms with Crippen molar-refractivity contribution in [2.24, 2.45) is 0 Å². The topological polar surface area (TPSA) is 66.5 Å². The van der Waals surface area contributed by atoms with E-state index in [4.69, 9.17) is 0 Å². The normalized spacial score (nSPS) is 15.5. The van der Waals surface area contributed by atoms with Gasteiger partial charge in [-0.05, 0) is 36.1 Å². The van der Waals surface area contributed by atoms with E-state index >= 15 is 0 Å². The summed E-state index contributed by atoms with van der Waals surface area (Å²) in [7, 11) is -3.29. The highest BCUT2D eigenvalue weighted by atomic mass is 32.2. The predicted molar refractivity (Wildman–Crippen MR) is 103 cm³/mol. The molecule has 0 bridgehead atoms. The second-order valence-corrected chi connectivity index (χ2v) is 8.57. The summed E-state index contributed by atoms with van der Waals surface area (Å²) in [5.74, 6) is -0.312.